The minimum atomic E-state index is -0.428. The lowest BCUT2D eigenvalue weighted by Crippen LogP contribution is -2.49. The molecule has 2 aliphatic rings. The van der Waals surface area contributed by atoms with Crippen LogP contribution in [0, 0.1) is 6.92 Å². The first-order valence-corrected chi connectivity index (χ1v) is 12.6. The minimum Gasteiger partial charge on any atom is -0.387 e. The zero-order chi connectivity index (χ0) is 23.7. The van der Waals surface area contributed by atoms with Gasteiger partial charge in [-0.1, -0.05) is 0 Å². The van der Waals surface area contributed by atoms with Gasteiger partial charge in [0.05, 0.1) is 15.9 Å². The van der Waals surface area contributed by atoms with Crippen LogP contribution in [0.25, 0.3) is 21.5 Å². The monoisotopic (exact) mass is 482 g/mol. The summed E-state index contributed by atoms with van der Waals surface area (Å²) in [7, 11) is 0. The largest absolute Gasteiger partial charge is 0.387 e. The second-order valence-electron chi connectivity index (χ2n) is 8.88. The number of aryl methyl sites for hydroxylation is 1. The number of amides is 1. The topological polar surface area (TPSA) is 125 Å². The van der Waals surface area contributed by atoms with Gasteiger partial charge in [0.2, 0.25) is 17.8 Å². The number of thiophene rings is 1. The zero-order valence-electron chi connectivity index (χ0n) is 19.4. The van der Waals surface area contributed by atoms with E-state index in [0.29, 0.717) is 13.1 Å². The van der Waals surface area contributed by atoms with E-state index in [-0.39, 0.29) is 11.9 Å². The van der Waals surface area contributed by atoms with Crippen molar-refractivity contribution in [2.24, 2.45) is 0 Å². The highest BCUT2D eigenvalue weighted by Crippen LogP contribution is 2.38. The van der Waals surface area contributed by atoms with Crippen LogP contribution in [-0.2, 0) is 11.3 Å². The van der Waals surface area contributed by atoms with Crippen LogP contribution in [0.2, 0.25) is 0 Å². The molecule has 3 N–H and O–H groups in total. The highest BCUT2D eigenvalue weighted by Gasteiger charge is 2.25. The van der Waals surface area contributed by atoms with Crippen LogP contribution in [0.5, 0.6) is 0 Å². The number of hydrogen-bond donors (Lipinski definition) is 2. The number of rotatable bonds is 5. The molecule has 10 nitrogen and oxygen atoms in total. The predicted molar refractivity (Wildman–Crippen MR) is 133 cm³/mol. The maximum atomic E-state index is 11.8. The molecule has 2 fully saturated rings. The summed E-state index contributed by atoms with van der Waals surface area (Å²) in [6.45, 7) is 7.19. The Morgan fingerprint density at radius 1 is 1.06 bits per heavy atom. The summed E-state index contributed by atoms with van der Waals surface area (Å²) in [6.07, 6.45) is 7.00. The number of nitrogens with zero attached hydrogens (tertiary/aromatic N) is 7. The summed E-state index contributed by atoms with van der Waals surface area (Å²) >= 11 is 1.70. The number of hydrogen-bond acceptors (Lipinski definition) is 10. The second-order valence-corrected chi connectivity index (χ2v) is 10.1. The third kappa shape index (κ3) is 4.55. The van der Waals surface area contributed by atoms with Gasteiger partial charge in [-0.15, -0.1) is 11.3 Å². The molecule has 5 rings (SSSR count). The van der Waals surface area contributed by atoms with Gasteiger partial charge in [-0.2, -0.15) is 0 Å². The number of aromatic nitrogens is 4. The fourth-order valence-electron chi connectivity index (χ4n) is 4.68. The highest BCUT2D eigenvalue weighted by atomic mass is 32.1. The minimum absolute atomic E-state index is 0.203. The summed E-state index contributed by atoms with van der Waals surface area (Å²) < 4.78 is 1.04. The van der Waals surface area contributed by atoms with Crippen molar-refractivity contribution in [2.45, 2.75) is 32.7 Å². The van der Waals surface area contributed by atoms with Crippen LogP contribution in [0.4, 0.5) is 11.9 Å². The molecule has 1 amide bonds. The van der Waals surface area contributed by atoms with Crippen LogP contribution in [0.1, 0.15) is 29.7 Å². The van der Waals surface area contributed by atoms with E-state index >= 15 is 0 Å². The fourth-order valence-corrected chi connectivity index (χ4v) is 5.79. The van der Waals surface area contributed by atoms with Crippen LogP contribution in [-0.4, -0.2) is 86.6 Å². The van der Waals surface area contributed by atoms with E-state index in [4.69, 9.17) is 20.8 Å². The summed E-state index contributed by atoms with van der Waals surface area (Å²) in [6, 6.07) is 0. The Morgan fingerprint density at radius 3 is 2.44 bits per heavy atom. The first kappa shape index (κ1) is 22.9. The molecule has 180 valence electrons. The van der Waals surface area contributed by atoms with Crippen molar-refractivity contribution in [3.63, 3.8) is 0 Å². The number of piperazine rings is 1. The first-order valence-electron chi connectivity index (χ1n) is 11.8. The third-order valence-electron chi connectivity index (χ3n) is 6.65. The van der Waals surface area contributed by atoms with Crippen molar-refractivity contribution in [1.82, 2.24) is 29.7 Å². The van der Waals surface area contributed by atoms with Crippen LogP contribution in [0.3, 0.4) is 0 Å². The van der Waals surface area contributed by atoms with Gasteiger partial charge in [0.15, 0.2) is 0 Å². The van der Waals surface area contributed by atoms with Crippen LogP contribution in [0.15, 0.2) is 12.4 Å². The van der Waals surface area contributed by atoms with Gasteiger partial charge in [-0.25, -0.2) is 19.9 Å². The van der Waals surface area contributed by atoms with Crippen molar-refractivity contribution < 1.29 is 9.90 Å². The van der Waals surface area contributed by atoms with E-state index in [9.17, 15) is 4.79 Å². The molecule has 0 radical (unpaired) electrons. The van der Waals surface area contributed by atoms with Crippen LogP contribution < -0.4 is 10.6 Å². The number of carbonyl (C=O) groups excluding carboxylic acids is 1. The van der Waals surface area contributed by atoms with Gasteiger partial charge >= 0.3 is 0 Å². The zero-order valence-corrected chi connectivity index (χ0v) is 20.2. The summed E-state index contributed by atoms with van der Waals surface area (Å²) in [5, 5.41) is 9.15. The predicted octanol–water partition coefficient (Wildman–Crippen LogP) is 1.67. The molecule has 3 aromatic rings. The van der Waals surface area contributed by atoms with Crippen molar-refractivity contribution in [1.29, 1.82) is 0 Å². The maximum Gasteiger partial charge on any atom is 0.248 e. The quantitative estimate of drug-likeness (QED) is 0.558. The van der Waals surface area contributed by atoms with Gasteiger partial charge in [0, 0.05) is 74.2 Å². The van der Waals surface area contributed by atoms with E-state index in [0.717, 1.165) is 73.0 Å². The molecule has 0 aliphatic carbocycles. The third-order valence-corrected chi connectivity index (χ3v) is 7.79. The molecule has 0 atom stereocenters. The second kappa shape index (κ2) is 9.77. The van der Waals surface area contributed by atoms with E-state index < -0.39 is 6.61 Å². The number of piperidine rings is 1. The van der Waals surface area contributed by atoms with E-state index in [1.54, 1.807) is 28.6 Å². The normalized spacial score (nSPS) is 17.5. The maximum absolute atomic E-state index is 11.8. The van der Waals surface area contributed by atoms with Crippen LogP contribution >= 0.6 is 11.3 Å². The number of fused-ring (bicyclic) bond motifs is 1. The Balaban J connectivity index is 1.51. The molecule has 0 bridgehead atoms. The lowest BCUT2D eigenvalue weighted by atomic mass is 10.1. The van der Waals surface area contributed by atoms with Gasteiger partial charge in [0.1, 0.15) is 6.61 Å². The highest BCUT2D eigenvalue weighted by molar-refractivity contribution is 7.19. The first-order chi connectivity index (χ1) is 16.5. The molecule has 11 heteroatoms. The molecule has 0 spiro atoms. The molecule has 34 heavy (non-hydrogen) atoms. The molecule has 5 heterocycles. The van der Waals surface area contributed by atoms with Crippen molar-refractivity contribution in [3.8, 4) is 11.3 Å². The molecule has 2 aliphatic heterocycles. The number of aliphatic hydroxyl groups excluding tert-OH is 1. The van der Waals surface area contributed by atoms with Crippen molar-refractivity contribution in [2.75, 3.05) is 56.5 Å². The Kier molecular flexibility index (Phi) is 6.57. The fraction of sp³-hybridized carbons (Fsp3) is 0.522. The lowest BCUT2D eigenvalue weighted by molar-refractivity contribution is -0.135. The Bertz CT molecular complexity index is 1170. The standard InChI is InChI=1S/C23H30N8O2S/c1-15-17(13-29-7-9-30(10-8-29)18(33)14-32)20-21(34-15)19(16-11-25-22(24)26-12-16)27-23(28-20)31-5-3-2-4-6-31/h11-12,32H,2-10,13-14H2,1H3,(H2,24,25,26). The molecule has 2 saturated heterocycles. The average molecular weight is 483 g/mol. The Labute approximate surface area is 202 Å². The van der Waals surface area contributed by atoms with E-state index in [1.807, 2.05) is 0 Å². The smallest absolute Gasteiger partial charge is 0.248 e. The number of anilines is 2. The van der Waals surface area contributed by atoms with Crippen molar-refractivity contribution in [3.05, 3.63) is 22.8 Å². The van der Waals surface area contributed by atoms with Crippen molar-refractivity contribution >= 4 is 39.4 Å². The number of nitrogen functional groups attached to an aromatic ring is 1. The van der Waals surface area contributed by atoms with Gasteiger partial charge in [0.25, 0.3) is 0 Å². The summed E-state index contributed by atoms with van der Waals surface area (Å²) in [5.74, 6) is 0.801. The van der Waals surface area contributed by atoms with Gasteiger partial charge < -0.3 is 20.6 Å². The number of aliphatic hydroxyl groups is 1. The average Bonchev–Trinajstić information content (AvgIpc) is 3.19. The Hall–Kier alpha value is -2.89. The summed E-state index contributed by atoms with van der Waals surface area (Å²) in [4.78, 5) is 37.8. The molecular weight excluding hydrogens is 452 g/mol. The molecule has 3 aromatic heterocycles. The molecule has 0 unspecified atom stereocenters. The molecule has 0 saturated carbocycles. The molecule has 0 aromatic carbocycles. The number of carbonyl (C=O) groups is 1. The Morgan fingerprint density at radius 2 is 1.76 bits per heavy atom. The lowest BCUT2D eigenvalue weighted by Gasteiger charge is -2.34. The van der Waals surface area contributed by atoms with E-state index in [1.165, 1.54) is 16.9 Å². The summed E-state index contributed by atoms with van der Waals surface area (Å²) in [5.41, 5.74) is 9.61. The molecular formula is C23H30N8O2S. The van der Waals surface area contributed by atoms with E-state index in [2.05, 4.69) is 26.7 Å². The van der Waals surface area contributed by atoms with Gasteiger partial charge in [-0.05, 0) is 26.2 Å². The van der Waals surface area contributed by atoms with Gasteiger partial charge in [-0.3, -0.25) is 9.69 Å². The number of nitrogens with two attached hydrogens (primary N) is 1. The SMILES string of the molecule is Cc1sc2c(-c3cnc(N)nc3)nc(N3CCCCC3)nc2c1CN1CCN(C(=O)CO)CC1.